The Labute approximate surface area is 141 Å². The van der Waals surface area contributed by atoms with Crippen molar-refractivity contribution < 1.29 is 4.79 Å². The third-order valence-corrected chi connectivity index (χ3v) is 3.62. The number of aryl methyl sites for hydroxylation is 2. The van der Waals surface area contributed by atoms with E-state index in [4.69, 9.17) is 0 Å². The SMILES string of the molecule is Cc1ccc(NC(=O)c2cncc(Nc3cccc(C)c3)c2)cc1. The summed E-state index contributed by atoms with van der Waals surface area (Å²) < 4.78 is 0. The lowest BCUT2D eigenvalue weighted by Crippen LogP contribution is -2.12. The van der Waals surface area contributed by atoms with Gasteiger partial charge in [-0.3, -0.25) is 9.78 Å². The number of benzene rings is 2. The fourth-order valence-corrected chi connectivity index (χ4v) is 2.36. The van der Waals surface area contributed by atoms with Gasteiger partial charge in [-0.1, -0.05) is 29.8 Å². The highest BCUT2D eigenvalue weighted by molar-refractivity contribution is 6.04. The third-order valence-electron chi connectivity index (χ3n) is 3.62. The fourth-order valence-electron chi connectivity index (χ4n) is 2.36. The maximum atomic E-state index is 12.4. The number of nitrogens with one attached hydrogen (secondary N) is 2. The van der Waals surface area contributed by atoms with Gasteiger partial charge in [0.25, 0.3) is 5.91 Å². The average Bonchev–Trinajstić information content (AvgIpc) is 2.57. The highest BCUT2D eigenvalue weighted by Gasteiger charge is 2.08. The molecule has 120 valence electrons. The van der Waals surface area contributed by atoms with Gasteiger partial charge in [0.05, 0.1) is 17.4 Å². The van der Waals surface area contributed by atoms with E-state index in [9.17, 15) is 4.79 Å². The van der Waals surface area contributed by atoms with Crippen LogP contribution in [0.3, 0.4) is 0 Å². The van der Waals surface area contributed by atoms with Crippen molar-refractivity contribution in [1.82, 2.24) is 4.98 Å². The number of hydrogen-bond donors (Lipinski definition) is 2. The third kappa shape index (κ3) is 3.98. The summed E-state index contributed by atoms with van der Waals surface area (Å²) >= 11 is 0. The minimum absolute atomic E-state index is 0.181. The molecule has 0 saturated heterocycles. The van der Waals surface area contributed by atoms with E-state index in [1.807, 2.05) is 62.4 Å². The van der Waals surface area contributed by atoms with Gasteiger partial charge in [0.15, 0.2) is 0 Å². The first kappa shape index (κ1) is 15.7. The number of rotatable bonds is 4. The normalized spacial score (nSPS) is 10.2. The predicted molar refractivity (Wildman–Crippen MR) is 97.8 cm³/mol. The summed E-state index contributed by atoms with van der Waals surface area (Å²) in [4.78, 5) is 16.5. The van der Waals surface area contributed by atoms with Crippen LogP contribution in [0, 0.1) is 13.8 Å². The van der Waals surface area contributed by atoms with Gasteiger partial charge in [-0.25, -0.2) is 0 Å². The van der Waals surface area contributed by atoms with Gasteiger partial charge in [0, 0.05) is 17.6 Å². The molecule has 4 nitrogen and oxygen atoms in total. The van der Waals surface area contributed by atoms with E-state index < -0.39 is 0 Å². The number of nitrogens with zero attached hydrogens (tertiary/aromatic N) is 1. The topological polar surface area (TPSA) is 54.0 Å². The predicted octanol–water partition coefficient (Wildman–Crippen LogP) is 4.69. The lowest BCUT2D eigenvalue weighted by atomic mass is 10.2. The Morgan fingerprint density at radius 2 is 1.62 bits per heavy atom. The lowest BCUT2D eigenvalue weighted by Gasteiger charge is -2.09. The minimum atomic E-state index is -0.181. The highest BCUT2D eigenvalue weighted by Crippen LogP contribution is 2.18. The van der Waals surface area contributed by atoms with Crippen molar-refractivity contribution in [2.24, 2.45) is 0 Å². The second kappa shape index (κ2) is 6.96. The summed E-state index contributed by atoms with van der Waals surface area (Å²) in [5.41, 5.74) is 5.33. The van der Waals surface area contributed by atoms with Crippen LogP contribution in [0.25, 0.3) is 0 Å². The van der Waals surface area contributed by atoms with Gasteiger partial charge in [-0.15, -0.1) is 0 Å². The van der Waals surface area contributed by atoms with Crippen molar-refractivity contribution in [3.8, 4) is 0 Å². The number of carbonyl (C=O) groups is 1. The Balaban J connectivity index is 1.74. The molecule has 0 fully saturated rings. The molecule has 1 amide bonds. The van der Waals surface area contributed by atoms with Gasteiger partial charge >= 0.3 is 0 Å². The molecule has 0 spiro atoms. The molecule has 4 heteroatoms. The summed E-state index contributed by atoms with van der Waals surface area (Å²) in [6.07, 6.45) is 3.26. The molecule has 2 N–H and O–H groups in total. The Kier molecular flexibility index (Phi) is 4.57. The molecule has 3 rings (SSSR count). The van der Waals surface area contributed by atoms with E-state index in [0.717, 1.165) is 22.6 Å². The summed E-state index contributed by atoms with van der Waals surface area (Å²) in [5.74, 6) is -0.181. The van der Waals surface area contributed by atoms with Crippen LogP contribution < -0.4 is 10.6 Å². The highest BCUT2D eigenvalue weighted by atomic mass is 16.1. The van der Waals surface area contributed by atoms with E-state index >= 15 is 0 Å². The number of hydrogen-bond acceptors (Lipinski definition) is 3. The van der Waals surface area contributed by atoms with Crippen LogP contribution in [-0.2, 0) is 0 Å². The second-order valence-electron chi connectivity index (χ2n) is 5.78. The summed E-state index contributed by atoms with van der Waals surface area (Å²) in [6, 6.07) is 17.5. The van der Waals surface area contributed by atoms with Crippen LogP contribution in [0.5, 0.6) is 0 Å². The first-order chi connectivity index (χ1) is 11.6. The second-order valence-corrected chi connectivity index (χ2v) is 5.78. The molecule has 2 aromatic carbocycles. The summed E-state index contributed by atoms with van der Waals surface area (Å²) in [5, 5.41) is 6.15. The molecule has 0 aliphatic rings. The van der Waals surface area contributed by atoms with Crippen molar-refractivity contribution in [3.05, 3.63) is 83.7 Å². The molecule has 3 aromatic rings. The van der Waals surface area contributed by atoms with Crippen LogP contribution in [0.15, 0.2) is 67.0 Å². The van der Waals surface area contributed by atoms with Crippen LogP contribution in [0.4, 0.5) is 17.1 Å². The fraction of sp³-hybridized carbons (Fsp3) is 0.100. The molecule has 0 aliphatic carbocycles. The lowest BCUT2D eigenvalue weighted by molar-refractivity contribution is 0.102. The van der Waals surface area contributed by atoms with Crippen LogP contribution >= 0.6 is 0 Å². The number of aromatic nitrogens is 1. The molecular weight excluding hydrogens is 298 g/mol. The van der Waals surface area contributed by atoms with E-state index in [0.29, 0.717) is 5.56 Å². The van der Waals surface area contributed by atoms with Crippen molar-refractivity contribution >= 4 is 23.0 Å². The maximum absolute atomic E-state index is 12.4. The van der Waals surface area contributed by atoms with Crippen LogP contribution in [0.1, 0.15) is 21.5 Å². The smallest absolute Gasteiger partial charge is 0.257 e. The molecule has 1 heterocycles. The standard InChI is InChI=1S/C20H19N3O/c1-14-6-8-17(9-7-14)23-20(24)16-11-19(13-21-12-16)22-18-5-3-4-15(2)10-18/h3-13,22H,1-2H3,(H,23,24). The maximum Gasteiger partial charge on any atom is 0.257 e. The van der Waals surface area contributed by atoms with Crippen LogP contribution in [0.2, 0.25) is 0 Å². The van der Waals surface area contributed by atoms with Gasteiger partial charge in [-0.05, 0) is 49.7 Å². The number of anilines is 3. The van der Waals surface area contributed by atoms with Gasteiger partial charge in [-0.2, -0.15) is 0 Å². The first-order valence-corrected chi connectivity index (χ1v) is 7.77. The largest absolute Gasteiger partial charge is 0.354 e. The number of pyridine rings is 1. The molecule has 1 aromatic heterocycles. The van der Waals surface area contributed by atoms with Gasteiger partial charge < -0.3 is 10.6 Å². The molecule has 0 atom stereocenters. The van der Waals surface area contributed by atoms with E-state index in [-0.39, 0.29) is 5.91 Å². The zero-order chi connectivity index (χ0) is 16.9. The summed E-state index contributed by atoms with van der Waals surface area (Å²) in [6.45, 7) is 4.05. The first-order valence-electron chi connectivity index (χ1n) is 7.77. The van der Waals surface area contributed by atoms with E-state index in [2.05, 4.69) is 15.6 Å². The van der Waals surface area contributed by atoms with Gasteiger partial charge in [0.2, 0.25) is 0 Å². The zero-order valence-corrected chi connectivity index (χ0v) is 13.7. The average molecular weight is 317 g/mol. The Morgan fingerprint density at radius 3 is 2.38 bits per heavy atom. The molecular formula is C20H19N3O. The Morgan fingerprint density at radius 1 is 0.833 bits per heavy atom. The molecule has 0 saturated carbocycles. The number of amides is 1. The van der Waals surface area contributed by atoms with Crippen molar-refractivity contribution in [2.75, 3.05) is 10.6 Å². The van der Waals surface area contributed by atoms with Gasteiger partial charge in [0.1, 0.15) is 0 Å². The summed E-state index contributed by atoms with van der Waals surface area (Å²) in [7, 11) is 0. The minimum Gasteiger partial charge on any atom is -0.354 e. The molecule has 0 radical (unpaired) electrons. The van der Waals surface area contributed by atoms with Crippen molar-refractivity contribution in [3.63, 3.8) is 0 Å². The Bertz CT molecular complexity index is 857. The molecule has 0 bridgehead atoms. The monoisotopic (exact) mass is 317 g/mol. The van der Waals surface area contributed by atoms with Crippen molar-refractivity contribution in [2.45, 2.75) is 13.8 Å². The van der Waals surface area contributed by atoms with Crippen LogP contribution in [-0.4, -0.2) is 10.9 Å². The Hall–Kier alpha value is -3.14. The zero-order valence-electron chi connectivity index (χ0n) is 13.7. The quantitative estimate of drug-likeness (QED) is 0.733. The molecule has 0 unspecified atom stereocenters. The number of carbonyl (C=O) groups excluding carboxylic acids is 1. The molecule has 0 aliphatic heterocycles. The van der Waals surface area contributed by atoms with Crippen molar-refractivity contribution in [1.29, 1.82) is 0 Å². The van der Waals surface area contributed by atoms with E-state index in [1.165, 1.54) is 5.56 Å². The molecule has 24 heavy (non-hydrogen) atoms. The van der Waals surface area contributed by atoms with E-state index in [1.54, 1.807) is 18.5 Å².